The van der Waals surface area contributed by atoms with E-state index >= 15 is 0 Å². The zero-order chi connectivity index (χ0) is 13.1. The average Bonchev–Trinajstić information content (AvgIpc) is 2.98. The van der Waals surface area contributed by atoms with Crippen molar-refractivity contribution in [3.63, 3.8) is 0 Å². The van der Waals surface area contributed by atoms with Crippen molar-refractivity contribution in [3.05, 3.63) is 24.4 Å². The number of nitrogens with one attached hydrogen (secondary N) is 1. The molecule has 2 rings (SSSR count). The molecule has 2 heterocycles. The second-order valence-electron chi connectivity index (χ2n) is 4.24. The molecule has 0 spiro atoms. The number of rotatable bonds is 4. The Balaban J connectivity index is 2.33. The largest absolute Gasteiger partial charge is 0.363 e. The Morgan fingerprint density at radius 3 is 2.94 bits per heavy atom. The number of hydrogen-bond donors (Lipinski definition) is 1. The predicted molar refractivity (Wildman–Crippen MR) is 66.1 cm³/mol. The molecule has 0 aliphatic rings. The van der Waals surface area contributed by atoms with Crippen LogP contribution in [0.1, 0.15) is 37.3 Å². The summed E-state index contributed by atoms with van der Waals surface area (Å²) < 4.78 is 6.71. The van der Waals surface area contributed by atoms with Gasteiger partial charge in [-0.1, -0.05) is 5.16 Å². The van der Waals surface area contributed by atoms with Crippen LogP contribution in [0.15, 0.2) is 23.2 Å². The first-order valence-corrected chi connectivity index (χ1v) is 5.90. The minimum Gasteiger partial charge on any atom is -0.363 e. The van der Waals surface area contributed by atoms with Crippen molar-refractivity contribution in [3.8, 4) is 11.1 Å². The van der Waals surface area contributed by atoms with Gasteiger partial charge in [0.15, 0.2) is 5.69 Å². The van der Waals surface area contributed by atoms with Crippen LogP contribution in [0.4, 0.5) is 0 Å². The fourth-order valence-corrected chi connectivity index (χ4v) is 1.61. The van der Waals surface area contributed by atoms with E-state index < -0.39 is 0 Å². The van der Waals surface area contributed by atoms with Crippen LogP contribution >= 0.6 is 0 Å². The monoisotopic (exact) mass is 248 g/mol. The molecule has 1 amide bonds. The third kappa shape index (κ3) is 2.27. The fourth-order valence-electron chi connectivity index (χ4n) is 1.61. The van der Waals surface area contributed by atoms with Crippen molar-refractivity contribution in [1.29, 1.82) is 0 Å². The summed E-state index contributed by atoms with van der Waals surface area (Å²) in [6, 6.07) is 0.270. The predicted octanol–water partition coefficient (Wildman–Crippen LogP) is 1.87. The quantitative estimate of drug-likeness (QED) is 0.896. The lowest BCUT2D eigenvalue weighted by Gasteiger charge is -2.03. The summed E-state index contributed by atoms with van der Waals surface area (Å²) in [4.78, 5) is 11.8. The molecule has 96 valence electrons. The Kier molecular flexibility index (Phi) is 3.45. The second-order valence-corrected chi connectivity index (χ2v) is 4.24. The van der Waals surface area contributed by atoms with Crippen LogP contribution in [0.5, 0.6) is 0 Å². The maximum atomic E-state index is 11.8. The highest BCUT2D eigenvalue weighted by atomic mass is 16.5. The minimum absolute atomic E-state index is 0.237. The van der Waals surface area contributed by atoms with E-state index in [9.17, 15) is 4.79 Å². The molecule has 6 heteroatoms. The van der Waals surface area contributed by atoms with E-state index in [-0.39, 0.29) is 11.9 Å². The minimum atomic E-state index is -0.237. The van der Waals surface area contributed by atoms with E-state index in [0.717, 1.165) is 5.56 Å². The summed E-state index contributed by atoms with van der Waals surface area (Å²) >= 11 is 0. The van der Waals surface area contributed by atoms with Crippen molar-refractivity contribution in [2.45, 2.75) is 26.8 Å². The van der Waals surface area contributed by atoms with Gasteiger partial charge >= 0.3 is 0 Å². The van der Waals surface area contributed by atoms with Crippen LogP contribution in [0.25, 0.3) is 11.1 Å². The number of hydrogen-bond acceptors (Lipinski definition) is 4. The van der Waals surface area contributed by atoms with Crippen LogP contribution < -0.4 is 5.32 Å². The number of amides is 1. The van der Waals surface area contributed by atoms with Gasteiger partial charge in [0.1, 0.15) is 6.26 Å². The van der Waals surface area contributed by atoms with Crippen LogP contribution in [0.3, 0.4) is 0 Å². The lowest BCUT2D eigenvalue weighted by Crippen LogP contribution is -2.23. The summed E-state index contributed by atoms with van der Waals surface area (Å²) in [5, 5.41) is 10.7. The Bertz CT molecular complexity index is 542. The van der Waals surface area contributed by atoms with Crippen molar-refractivity contribution >= 4 is 5.91 Å². The van der Waals surface area contributed by atoms with Gasteiger partial charge in [-0.2, -0.15) is 5.10 Å². The first-order valence-electron chi connectivity index (χ1n) is 5.90. The Morgan fingerprint density at radius 1 is 1.56 bits per heavy atom. The summed E-state index contributed by atoms with van der Waals surface area (Å²) in [7, 11) is 0. The molecular formula is C12H16N4O2. The molecule has 2 aromatic heterocycles. The van der Waals surface area contributed by atoms with E-state index in [1.807, 2.05) is 31.6 Å². The standard InChI is InChI=1S/C12H16N4O2/c1-4-13-12(17)11-10(7-18-15-11)9-5-14-16(6-9)8(2)3/h5-8H,4H2,1-3H3,(H,13,17). The van der Waals surface area contributed by atoms with Crippen molar-refractivity contribution in [1.82, 2.24) is 20.3 Å². The van der Waals surface area contributed by atoms with Crippen LogP contribution in [0, 0.1) is 0 Å². The fraction of sp³-hybridized carbons (Fsp3) is 0.417. The normalized spacial score (nSPS) is 10.9. The summed E-state index contributed by atoms with van der Waals surface area (Å²) in [6.45, 7) is 6.48. The van der Waals surface area contributed by atoms with Gasteiger partial charge in [0.2, 0.25) is 0 Å². The molecule has 0 unspecified atom stereocenters. The lowest BCUT2D eigenvalue weighted by molar-refractivity contribution is 0.0947. The molecule has 1 N–H and O–H groups in total. The van der Waals surface area contributed by atoms with Gasteiger partial charge < -0.3 is 9.84 Å². The molecule has 0 bridgehead atoms. The summed E-state index contributed by atoms with van der Waals surface area (Å²) in [5.74, 6) is -0.237. The highest BCUT2D eigenvalue weighted by molar-refractivity contribution is 5.98. The topological polar surface area (TPSA) is 73.0 Å². The maximum absolute atomic E-state index is 11.8. The van der Waals surface area contributed by atoms with Crippen LogP contribution in [0.2, 0.25) is 0 Å². The van der Waals surface area contributed by atoms with Gasteiger partial charge in [-0.3, -0.25) is 9.48 Å². The Labute approximate surface area is 105 Å². The molecule has 0 saturated carbocycles. The zero-order valence-electron chi connectivity index (χ0n) is 10.7. The van der Waals surface area contributed by atoms with E-state index in [4.69, 9.17) is 4.52 Å². The molecule has 18 heavy (non-hydrogen) atoms. The number of aromatic nitrogens is 3. The van der Waals surface area contributed by atoms with E-state index in [1.165, 1.54) is 6.26 Å². The van der Waals surface area contributed by atoms with E-state index in [1.54, 1.807) is 6.20 Å². The third-order valence-corrected chi connectivity index (χ3v) is 2.56. The average molecular weight is 248 g/mol. The summed E-state index contributed by atoms with van der Waals surface area (Å²) in [6.07, 6.45) is 5.04. The van der Waals surface area contributed by atoms with Gasteiger partial charge in [-0.15, -0.1) is 0 Å². The Hall–Kier alpha value is -2.11. The first-order chi connectivity index (χ1) is 8.63. The molecule has 0 aromatic carbocycles. The molecule has 0 atom stereocenters. The molecular weight excluding hydrogens is 232 g/mol. The molecule has 2 aromatic rings. The molecule has 0 radical (unpaired) electrons. The van der Waals surface area contributed by atoms with Gasteiger partial charge in [-0.05, 0) is 20.8 Å². The molecule has 0 aliphatic carbocycles. The number of nitrogens with zero attached hydrogens (tertiary/aromatic N) is 3. The number of carbonyl (C=O) groups is 1. The molecule has 0 fully saturated rings. The second kappa shape index (κ2) is 5.03. The highest BCUT2D eigenvalue weighted by Crippen LogP contribution is 2.23. The Morgan fingerprint density at radius 2 is 2.33 bits per heavy atom. The van der Waals surface area contributed by atoms with E-state index in [0.29, 0.717) is 17.8 Å². The van der Waals surface area contributed by atoms with Gasteiger partial charge in [0.25, 0.3) is 5.91 Å². The van der Waals surface area contributed by atoms with E-state index in [2.05, 4.69) is 15.6 Å². The third-order valence-electron chi connectivity index (χ3n) is 2.56. The van der Waals surface area contributed by atoms with Crippen molar-refractivity contribution < 1.29 is 9.32 Å². The zero-order valence-corrected chi connectivity index (χ0v) is 10.7. The smallest absolute Gasteiger partial charge is 0.274 e. The highest BCUT2D eigenvalue weighted by Gasteiger charge is 2.18. The maximum Gasteiger partial charge on any atom is 0.274 e. The van der Waals surface area contributed by atoms with Gasteiger partial charge in [0, 0.05) is 24.3 Å². The van der Waals surface area contributed by atoms with Gasteiger partial charge in [0.05, 0.1) is 11.8 Å². The molecule has 6 nitrogen and oxygen atoms in total. The van der Waals surface area contributed by atoms with Gasteiger partial charge in [-0.25, -0.2) is 0 Å². The molecule has 0 saturated heterocycles. The molecule has 0 aliphatic heterocycles. The summed E-state index contributed by atoms with van der Waals surface area (Å²) in [5.41, 5.74) is 1.78. The number of carbonyl (C=O) groups excluding carboxylic acids is 1. The first kappa shape index (κ1) is 12.3. The lowest BCUT2D eigenvalue weighted by atomic mass is 10.1. The SMILES string of the molecule is CCNC(=O)c1nocc1-c1cnn(C(C)C)c1. The van der Waals surface area contributed by atoms with Crippen LogP contribution in [-0.2, 0) is 0 Å². The van der Waals surface area contributed by atoms with Crippen molar-refractivity contribution in [2.75, 3.05) is 6.54 Å². The van der Waals surface area contributed by atoms with Crippen molar-refractivity contribution in [2.24, 2.45) is 0 Å². The van der Waals surface area contributed by atoms with Crippen LogP contribution in [-0.4, -0.2) is 27.4 Å².